The minimum Gasteiger partial charge on any atom is -0.503 e. The Labute approximate surface area is 186 Å². The van der Waals surface area contributed by atoms with E-state index >= 15 is 0 Å². The molecule has 1 aliphatic heterocycles. The number of allylic oxidation sites excluding steroid dienone is 1. The topological polar surface area (TPSA) is 66.8 Å². The summed E-state index contributed by atoms with van der Waals surface area (Å²) in [4.78, 5) is 27.7. The standard InChI is InChI=1S/C27H23NO4/c1-32-22-15-13-21(14-16-22)25-24(23(29)17-12-19-8-4-2-5-9-19)26(30)27(31)28(25)18-20-10-6-3-7-11-20/h2-17,25,30H,18H2,1H3. The summed E-state index contributed by atoms with van der Waals surface area (Å²) in [6, 6.07) is 25.3. The number of methoxy groups -OCH3 is 1. The van der Waals surface area contributed by atoms with Crippen LogP contribution in [-0.4, -0.2) is 28.8 Å². The first-order chi connectivity index (χ1) is 15.6. The highest BCUT2D eigenvalue weighted by Crippen LogP contribution is 2.39. The van der Waals surface area contributed by atoms with Gasteiger partial charge in [0.2, 0.25) is 0 Å². The van der Waals surface area contributed by atoms with Crippen LogP contribution in [0.3, 0.4) is 0 Å². The van der Waals surface area contributed by atoms with E-state index in [1.54, 1.807) is 25.3 Å². The van der Waals surface area contributed by atoms with Gasteiger partial charge in [-0.05, 0) is 34.9 Å². The van der Waals surface area contributed by atoms with Crippen molar-refractivity contribution in [2.45, 2.75) is 12.6 Å². The van der Waals surface area contributed by atoms with Crippen molar-refractivity contribution in [1.29, 1.82) is 0 Å². The molecule has 3 aromatic carbocycles. The van der Waals surface area contributed by atoms with Crippen LogP contribution in [0.15, 0.2) is 102 Å². The third kappa shape index (κ3) is 4.32. The van der Waals surface area contributed by atoms with Gasteiger partial charge in [0.15, 0.2) is 11.5 Å². The van der Waals surface area contributed by atoms with E-state index in [-0.39, 0.29) is 12.1 Å². The molecule has 3 aromatic rings. The number of carbonyl (C=O) groups excluding carboxylic acids is 2. The van der Waals surface area contributed by atoms with E-state index < -0.39 is 23.5 Å². The van der Waals surface area contributed by atoms with E-state index in [0.29, 0.717) is 5.75 Å². The fraction of sp³-hybridized carbons (Fsp3) is 0.111. The molecule has 1 aliphatic rings. The summed E-state index contributed by atoms with van der Waals surface area (Å²) in [7, 11) is 1.57. The number of hydrogen-bond donors (Lipinski definition) is 1. The smallest absolute Gasteiger partial charge is 0.290 e. The molecular weight excluding hydrogens is 402 g/mol. The quantitative estimate of drug-likeness (QED) is 0.548. The number of rotatable bonds is 7. The first-order valence-corrected chi connectivity index (χ1v) is 10.3. The van der Waals surface area contributed by atoms with Gasteiger partial charge in [-0.2, -0.15) is 0 Å². The van der Waals surface area contributed by atoms with Crippen LogP contribution >= 0.6 is 0 Å². The van der Waals surface area contributed by atoms with Crippen LogP contribution in [0.25, 0.3) is 6.08 Å². The highest BCUT2D eigenvalue weighted by atomic mass is 16.5. The lowest BCUT2D eigenvalue weighted by Crippen LogP contribution is -2.30. The van der Waals surface area contributed by atoms with E-state index in [2.05, 4.69) is 0 Å². The molecule has 5 heteroatoms. The molecule has 0 aliphatic carbocycles. The van der Waals surface area contributed by atoms with Gasteiger partial charge < -0.3 is 14.7 Å². The Morgan fingerprint density at radius 2 is 1.59 bits per heavy atom. The monoisotopic (exact) mass is 425 g/mol. The number of carbonyl (C=O) groups is 2. The van der Waals surface area contributed by atoms with Crippen molar-refractivity contribution in [3.63, 3.8) is 0 Å². The summed E-state index contributed by atoms with van der Waals surface area (Å²) in [5.41, 5.74) is 2.55. The zero-order valence-electron chi connectivity index (χ0n) is 17.6. The highest BCUT2D eigenvalue weighted by Gasteiger charge is 2.42. The Balaban J connectivity index is 1.72. The third-order valence-corrected chi connectivity index (χ3v) is 5.42. The second kappa shape index (κ2) is 9.35. The average Bonchev–Trinajstić information content (AvgIpc) is 3.09. The van der Waals surface area contributed by atoms with Gasteiger partial charge in [-0.1, -0.05) is 78.9 Å². The lowest BCUT2D eigenvalue weighted by atomic mass is 9.95. The van der Waals surface area contributed by atoms with Gasteiger partial charge in [0.1, 0.15) is 5.75 Å². The molecule has 0 radical (unpaired) electrons. The zero-order valence-corrected chi connectivity index (χ0v) is 17.6. The minimum atomic E-state index is -0.707. The molecule has 32 heavy (non-hydrogen) atoms. The fourth-order valence-corrected chi connectivity index (χ4v) is 3.81. The number of ketones is 1. The lowest BCUT2D eigenvalue weighted by molar-refractivity contribution is -0.130. The SMILES string of the molecule is COc1ccc(C2C(C(=O)C=Cc3ccccc3)=C(O)C(=O)N2Cc2ccccc2)cc1. The molecule has 0 aromatic heterocycles. The molecule has 1 N–H and O–H groups in total. The van der Waals surface area contributed by atoms with Gasteiger partial charge in [0.05, 0.1) is 18.7 Å². The highest BCUT2D eigenvalue weighted by molar-refractivity contribution is 6.14. The average molecular weight is 425 g/mol. The normalized spacial score (nSPS) is 16.1. The molecule has 1 heterocycles. The van der Waals surface area contributed by atoms with Crippen LogP contribution in [0, 0.1) is 0 Å². The Morgan fingerprint density at radius 1 is 0.969 bits per heavy atom. The van der Waals surface area contributed by atoms with Crippen LogP contribution < -0.4 is 4.74 Å². The summed E-state index contributed by atoms with van der Waals surface area (Å²) in [5, 5.41) is 10.7. The molecule has 160 valence electrons. The van der Waals surface area contributed by atoms with Gasteiger partial charge in [0, 0.05) is 6.54 Å². The van der Waals surface area contributed by atoms with Gasteiger partial charge in [-0.25, -0.2) is 0 Å². The molecular formula is C27H23NO4. The molecule has 0 spiro atoms. The number of amides is 1. The fourth-order valence-electron chi connectivity index (χ4n) is 3.81. The van der Waals surface area contributed by atoms with E-state index in [1.807, 2.05) is 72.8 Å². The Bertz CT molecular complexity index is 1170. The molecule has 0 saturated heterocycles. The molecule has 1 amide bonds. The van der Waals surface area contributed by atoms with E-state index in [1.165, 1.54) is 11.0 Å². The Hall–Kier alpha value is -4.12. The number of aliphatic hydroxyl groups is 1. The second-order valence-electron chi connectivity index (χ2n) is 7.46. The van der Waals surface area contributed by atoms with Crippen molar-refractivity contribution in [2.24, 2.45) is 0 Å². The number of nitrogens with zero attached hydrogens (tertiary/aromatic N) is 1. The van der Waals surface area contributed by atoms with E-state index in [0.717, 1.165) is 16.7 Å². The van der Waals surface area contributed by atoms with Gasteiger partial charge in [-0.3, -0.25) is 9.59 Å². The van der Waals surface area contributed by atoms with Crippen LogP contribution in [0.5, 0.6) is 5.75 Å². The maximum Gasteiger partial charge on any atom is 0.290 e. The molecule has 0 bridgehead atoms. The third-order valence-electron chi connectivity index (χ3n) is 5.42. The van der Waals surface area contributed by atoms with Crippen molar-refractivity contribution in [2.75, 3.05) is 7.11 Å². The molecule has 0 fully saturated rings. The van der Waals surface area contributed by atoms with E-state index in [4.69, 9.17) is 4.74 Å². The molecule has 0 saturated carbocycles. The van der Waals surface area contributed by atoms with Gasteiger partial charge in [-0.15, -0.1) is 0 Å². The van der Waals surface area contributed by atoms with Gasteiger partial charge >= 0.3 is 0 Å². The lowest BCUT2D eigenvalue weighted by Gasteiger charge is -2.27. The molecule has 1 atom stereocenters. The summed E-state index contributed by atoms with van der Waals surface area (Å²) >= 11 is 0. The Kier molecular flexibility index (Phi) is 6.17. The maximum absolute atomic E-state index is 13.2. The van der Waals surface area contributed by atoms with Crippen LogP contribution in [-0.2, 0) is 16.1 Å². The number of aliphatic hydroxyl groups excluding tert-OH is 1. The van der Waals surface area contributed by atoms with Crippen LogP contribution in [0.1, 0.15) is 22.7 Å². The largest absolute Gasteiger partial charge is 0.503 e. The Morgan fingerprint density at radius 3 is 2.22 bits per heavy atom. The molecule has 1 unspecified atom stereocenters. The van der Waals surface area contributed by atoms with Gasteiger partial charge in [0.25, 0.3) is 5.91 Å². The number of benzene rings is 3. The second-order valence-corrected chi connectivity index (χ2v) is 7.46. The van der Waals surface area contributed by atoms with Crippen molar-refractivity contribution in [1.82, 2.24) is 4.90 Å². The summed E-state index contributed by atoms with van der Waals surface area (Å²) < 4.78 is 5.24. The first-order valence-electron chi connectivity index (χ1n) is 10.3. The van der Waals surface area contributed by atoms with Crippen molar-refractivity contribution < 1.29 is 19.4 Å². The first kappa shape index (κ1) is 21.1. The summed E-state index contributed by atoms with van der Waals surface area (Å²) in [6.45, 7) is 0.264. The predicted molar refractivity (Wildman–Crippen MR) is 123 cm³/mol. The maximum atomic E-state index is 13.2. The van der Waals surface area contributed by atoms with Crippen molar-refractivity contribution in [3.8, 4) is 5.75 Å². The summed E-state index contributed by atoms with van der Waals surface area (Å²) in [5.74, 6) is -0.815. The van der Waals surface area contributed by atoms with Crippen molar-refractivity contribution in [3.05, 3.63) is 119 Å². The van der Waals surface area contributed by atoms with E-state index in [9.17, 15) is 14.7 Å². The number of hydrogen-bond acceptors (Lipinski definition) is 4. The predicted octanol–water partition coefficient (Wildman–Crippen LogP) is 4.87. The van der Waals surface area contributed by atoms with Crippen molar-refractivity contribution >= 4 is 17.8 Å². The number of ether oxygens (including phenoxy) is 1. The molecule has 5 nitrogen and oxygen atoms in total. The zero-order chi connectivity index (χ0) is 22.5. The van der Waals surface area contributed by atoms with Crippen LogP contribution in [0.2, 0.25) is 0 Å². The van der Waals surface area contributed by atoms with Crippen LogP contribution in [0.4, 0.5) is 0 Å². The summed E-state index contributed by atoms with van der Waals surface area (Å²) in [6.07, 6.45) is 3.08. The molecule has 4 rings (SSSR count). The minimum absolute atomic E-state index is 0.0725.